The first-order valence-electron chi connectivity index (χ1n) is 7.90. The molecule has 3 atom stereocenters. The first kappa shape index (κ1) is 14.9. The van der Waals surface area contributed by atoms with E-state index in [2.05, 4.69) is 12.2 Å². The third-order valence-electron chi connectivity index (χ3n) is 5.11. The van der Waals surface area contributed by atoms with Crippen molar-refractivity contribution in [3.8, 4) is 0 Å². The molecular weight excluding hydrogens is 275 g/mol. The van der Waals surface area contributed by atoms with Gasteiger partial charge in [-0.3, -0.25) is 0 Å². The number of hydrogen-bond donors (Lipinski definition) is 1. The van der Waals surface area contributed by atoms with Gasteiger partial charge in [0.2, 0.25) is 0 Å². The van der Waals surface area contributed by atoms with E-state index in [-0.39, 0.29) is 0 Å². The molecule has 0 bridgehead atoms. The van der Waals surface area contributed by atoms with Crippen molar-refractivity contribution in [2.24, 2.45) is 17.8 Å². The van der Waals surface area contributed by atoms with Gasteiger partial charge in [-0.2, -0.15) is 13.2 Å². The molecule has 21 heavy (non-hydrogen) atoms. The Labute approximate surface area is 123 Å². The fraction of sp³-hybridized carbons (Fsp3) is 0.647. The van der Waals surface area contributed by atoms with Crippen LogP contribution in [0.2, 0.25) is 0 Å². The summed E-state index contributed by atoms with van der Waals surface area (Å²) < 4.78 is 38.4. The van der Waals surface area contributed by atoms with E-state index in [0.717, 1.165) is 30.0 Å². The van der Waals surface area contributed by atoms with Crippen LogP contribution in [0.15, 0.2) is 24.3 Å². The second-order valence-corrected chi connectivity index (χ2v) is 6.40. The fourth-order valence-electron chi connectivity index (χ4n) is 4.21. The molecule has 2 aliphatic carbocycles. The lowest BCUT2D eigenvalue weighted by Crippen LogP contribution is -2.34. The number of alkyl halides is 3. The van der Waals surface area contributed by atoms with Gasteiger partial charge >= 0.3 is 6.18 Å². The van der Waals surface area contributed by atoms with Crippen LogP contribution in [0, 0.1) is 17.8 Å². The lowest BCUT2D eigenvalue weighted by Gasteiger charge is -2.20. The van der Waals surface area contributed by atoms with Gasteiger partial charge in [-0.1, -0.05) is 31.5 Å². The molecule has 3 unspecified atom stereocenters. The Morgan fingerprint density at radius 1 is 1.24 bits per heavy atom. The van der Waals surface area contributed by atoms with Crippen molar-refractivity contribution in [3.05, 3.63) is 35.4 Å². The molecule has 116 valence electrons. The summed E-state index contributed by atoms with van der Waals surface area (Å²) in [5.74, 6) is 2.31. The second-order valence-electron chi connectivity index (χ2n) is 6.40. The lowest BCUT2D eigenvalue weighted by atomic mass is 9.96. The van der Waals surface area contributed by atoms with Crippen LogP contribution in [-0.4, -0.2) is 12.6 Å². The van der Waals surface area contributed by atoms with Crippen molar-refractivity contribution in [1.82, 2.24) is 5.32 Å². The van der Waals surface area contributed by atoms with Gasteiger partial charge in [0.15, 0.2) is 0 Å². The maximum Gasteiger partial charge on any atom is 0.416 e. The third-order valence-corrected chi connectivity index (χ3v) is 5.11. The number of likely N-dealkylation sites (N-methyl/N-ethyl adjacent to an activating group) is 1. The highest BCUT2D eigenvalue weighted by Gasteiger charge is 2.55. The summed E-state index contributed by atoms with van der Waals surface area (Å²) >= 11 is 0. The van der Waals surface area contributed by atoms with E-state index in [1.807, 2.05) is 6.07 Å². The van der Waals surface area contributed by atoms with Crippen molar-refractivity contribution < 1.29 is 13.2 Å². The highest BCUT2D eigenvalue weighted by atomic mass is 19.4. The third kappa shape index (κ3) is 3.10. The number of fused-ring (bicyclic) bond motifs is 1. The van der Waals surface area contributed by atoms with Crippen LogP contribution < -0.4 is 5.32 Å². The normalized spacial score (nSPS) is 29.2. The number of hydrogen-bond acceptors (Lipinski definition) is 1. The monoisotopic (exact) mass is 297 g/mol. The Morgan fingerprint density at radius 2 is 1.95 bits per heavy atom. The van der Waals surface area contributed by atoms with E-state index in [1.165, 1.54) is 31.4 Å². The van der Waals surface area contributed by atoms with Gasteiger partial charge in [-0.15, -0.1) is 0 Å². The molecule has 1 N–H and O–H groups in total. The molecule has 0 heterocycles. The van der Waals surface area contributed by atoms with E-state index < -0.39 is 11.7 Å². The topological polar surface area (TPSA) is 12.0 Å². The number of benzene rings is 1. The zero-order chi connectivity index (χ0) is 15.0. The molecule has 0 saturated heterocycles. The predicted octanol–water partition coefficient (Wildman–Crippen LogP) is 4.27. The maximum absolute atomic E-state index is 12.8. The Balaban J connectivity index is 1.71. The first-order chi connectivity index (χ1) is 10.0. The zero-order valence-electron chi connectivity index (χ0n) is 12.3. The summed E-state index contributed by atoms with van der Waals surface area (Å²) in [5, 5.41) is 3.50. The Hall–Kier alpha value is -1.03. The van der Waals surface area contributed by atoms with Crippen molar-refractivity contribution in [2.75, 3.05) is 6.54 Å². The molecule has 1 aromatic carbocycles. The van der Waals surface area contributed by atoms with E-state index in [0.29, 0.717) is 18.4 Å². The molecule has 3 rings (SSSR count). The van der Waals surface area contributed by atoms with E-state index >= 15 is 0 Å². The van der Waals surface area contributed by atoms with Crippen LogP contribution in [-0.2, 0) is 12.6 Å². The number of halogens is 3. The molecule has 0 radical (unpaired) electrons. The van der Waals surface area contributed by atoms with Gasteiger partial charge in [-0.05, 0) is 55.2 Å². The Morgan fingerprint density at radius 3 is 2.57 bits per heavy atom. The first-order valence-corrected chi connectivity index (χ1v) is 7.90. The molecule has 2 aliphatic rings. The van der Waals surface area contributed by atoms with E-state index in [9.17, 15) is 13.2 Å². The molecule has 0 aliphatic heterocycles. The molecule has 0 aromatic heterocycles. The van der Waals surface area contributed by atoms with Crippen molar-refractivity contribution >= 4 is 0 Å². The molecule has 1 nitrogen and oxygen atoms in total. The molecule has 2 saturated carbocycles. The summed E-state index contributed by atoms with van der Waals surface area (Å²) in [6.07, 6.45) is 0.392. The van der Waals surface area contributed by atoms with Crippen LogP contribution in [0.4, 0.5) is 13.2 Å². The van der Waals surface area contributed by atoms with Gasteiger partial charge < -0.3 is 5.32 Å². The average Bonchev–Trinajstić information content (AvgIpc) is 2.90. The smallest absolute Gasteiger partial charge is 0.314 e. The molecule has 4 heteroatoms. The molecule has 2 fully saturated rings. The Bertz CT molecular complexity index is 487. The molecule has 0 spiro atoms. The predicted molar refractivity (Wildman–Crippen MR) is 76.9 cm³/mol. The summed E-state index contributed by atoms with van der Waals surface area (Å²) in [6.45, 7) is 2.94. The average molecular weight is 297 g/mol. The second kappa shape index (κ2) is 5.64. The highest BCUT2D eigenvalue weighted by Crippen LogP contribution is 2.59. The van der Waals surface area contributed by atoms with Crippen molar-refractivity contribution in [3.63, 3.8) is 0 Å². The van der Waals surface area contributed by atoms with Crippen LogP contribution in [0.5, 0.6) is 0 Å². The van der Waals surface area contributed by atoms with Crippen molar-refractivity contribution in [2.45, 2.75) is 44.8 Å². The standard InChI is InChI=1S/C17H22F3N/c1-2-21-15(16-13-7-4-8-14(13)16)10-11-5-3-6-12(9-11)17(18,19)20/h3,5-6,9,13-16,21H,2,4,7-8,10H2,1H3. The summed E-state index contributed by atoms with van der Waals surface area (Å²) in [6, 6.07) is 6.13. The van der Waals surface area contributed by atoms with Gasteiger partial charge in [-0.25, -0.2) is 0 Å². The lowest BCUT2D eigenvalue weighted by molar-refractivity contribution is -0.137. The summed E-state index contributed by atoms with van der Waals surface area (Å²) in [7, 11) is 0. The van der Waals surface area contributed by atoms with Crippen LogP contribution in [0.1, 0.15) is 37.3 Å². The van der Waals surface area contributed by atoms with Gasteiger partial charge in [0, 0.05) is 6.04 Å². The van der Waals surface area contributed by atoms with Gasteiger partial charge in [0.05, 0.1) is 5.56 Å². The van der Waals surface area contributed by atoms with Crippen LogP contribution >= 0.6 is 0 Å². The SMILES string of the molecule is CCNC(Cc1cccc(C(F)(F)F)c1)C1C2CCCC21. The molecule has 0 amide bonds. The largest absolute Gasteiger partial charge is 0.416 e. The minimum Gasteiger partial charge on any atom is -0.314 e. The minimum absolute atomic E-state index is 0.328. The quantitative estimate of drug-likeness (QED) is 0.855. The fourth-order valence-corrected chi connectivity index (χ4v) is 4.21. The summed E-state index contributed by atoms with van der Waals surface area (Å²) in [4.78, 5) is 0. The minimum atomic E-state index is -4.25. The van der Waals surface area contributed by atoms with Crippen LogP contribution in [0.3, 0.4) is 0 Å². The van der Waals surface area contributed by atoms with E-state index in [1.54, 1.807) is 0 Å². The van der Waals surface area contributed by atoms with Gasteiger partial charge in [0.25, 0.3) is 0 Å². The van der Waals surface area contributed by atoms with E-state index in [4.69, 9.17) is 0 Å². The zero-order valence-corrected chi connectivity index (χ0v) is 12.3. The maximum atomic E-state index is 12.8. The number of nitrogens with one attached hydrogen (secondary N) is 1. The van der Waals surface area contributed by atoms with Crippen molar-refractivity contribution in [1.29, 1.82) is 0 Å². The highest BCUT2D eigenvalue weighted by molar-refractivity contribution is 5.27. The summed E-state index contributed by atoms with van der Waals surface area (Å²) in [5.41, 5.74) is 0.256. The molecular formula is C17H22F3N. The van der Waals surface area contributed by atoms with Crippen LogP contribution in [0.25, 0.3) is 0 Å². The molecule has 1 aromatic rings. The Kier molecular flexibility index (Phi) is 4.00. The number of rotatable bonds is 5. The van der Waals surface area contributed by atoms with Gasteiger partial charge in [0.1, 0.15) is 0 Å².